The molecule has 0 bridgehead atoms. The van der Waals surface area contributed by atoms with Gasteiger partial charge >= 0.3 is 5.97 Å². The normalized spacial score (nSPS) is 13.1. The third-order valence-electron chi connectivity index (χ3n) is 5.87. The number of nitrogens with zero attached hydrogens (tertiary/aromatic N) is 2. The minimum atomic E-state index is -0.751. The van der Waals surface area contributed by atoms with Crippen molar-refractivity contribution in [2.24, 2.45) is 16.5 Å². The molecule has 0 aliphatic heterocycles. The van der Waals surface area contributed by atoms with Crippen molar-refractivity contribution in [1.82, 2.24) is 10.6 Å². The molecular formula is C28H32N6O6. The van der Waals surface area contributed by atoms with Crippen molar-refractivity contribution in [3.05, 3.63) is 58.8 Å². The number of rotatable bonds is 11. The number of methoxy groups -OCH3 is 1. The Morgan fingerprint density at radius 2 is 1.88 bits per heavy atom. The van der Waals surface area contributed by atoms with Gasteiger partial charge in [0.1, 0.15) is 23.8 Å². The van der Waals surface area contributed by atoms with Gasteiger partial charge in [-0.2, -0.15) is 5.26 Å². The molecule has 1 aliphatic rings. The summed E-state index contributed by atoms with van der Waals surface area (Å²) in [7, 11) is 1.19. The van der Waals surface area contributed by atoms with Crippen LogP contribution in [0.15, 0.2) is 47.1 Å². The number of hydrogen-bond acceptors (Lipinski definition) is 8. The largest absolute Gasteiger partial charge is 0.491 e. The zero-order valence-corrected chi connectivity index (χ0v) is 22.4. The smallest absolute Gasteiger partial charge is 0.354 e. The summed E-state index contributed by atoms with van der Waals surface area (Å²) in [6.45, 7) is 1.42. The molecule has 0 saturated heterocycles. The fourth-order valence-corrected chi connectivity index (χ4v) is 4.07. The zero-order valence-electron chi connectivity index (χ0n) is 22.4. The molecule has 210 valence electrons. The first kappa shape index (κ1) is 29.5. The number of esters is 1. The summed E-state index contributed by atoms with van der Waals surface area (Å²) in [4.78, 5) is 40.7. The van der Waals surface area contributed by atoms with Gasteiger partial charge in [-0.1, -0.05) is 0 Å². The van der Waals surface area contributed by atoms with Crippen LogP contribution in [0.25, 0.3) is 6.08 Å². The van der Waals surface area contributed by atoms with Crippen LogP contribution in [0.4, 0.5) is 5.69 Å². The van der Waals surface area contributed by atoms with E-state index in [2.05, 4.69) is 15.6 Å². The first-order valence-electron chi connectivity index (χ1n) is 12.6. The Balaban J connectivity index is 1.73. The number of aliphatic imine (C=N–C) groups is 1. The van der Waals surface area contributed by atoms with E-state index < -0.39 is 11.9 Å². The molecule has 0 spiro atoms. The minimum Gasteiger partial charge on any atom is -0.491 e. The molecule has 40 heavy (non-hydrogen) atoms. The Morgan fingerprint density at radius 3 is 2.52 bits per heavy atom. The molecule has 0 aromatic heterocycles. The lowest BCUT2D eigenvalue weighted by Gasteiger charge is -2.17. The predicted octanol–water partition coefficient (Wildman–Crippen LogP) is 2.24. The first-order valence-corrected chi connectivity index (χ1v) is 12.6. The van der Waals surface area contributed by atoms with Gasteiger partial charge in [-0.3, -0.25) is 9.59 Å². The molecule has 2 amide bonds. The molecule has 1 saturated carbocycles. The van der Waals surface area contributed by atoms with E-state index in [4.69, 9.17) is 25.7 Å². The van der Waals surface area contributed by atoms with Crippen molar-refractivity contribution in [3.8, 4) is 17.6 Å². The maximum absolute atomic E-state index is 13.0. The summed E-state index contributed by atoms with van der Waals surface area (Å²) in [5.74, 6) is -1.04. The molecule has 12 heteroatoms. The van der Waals surface area contributed by atoms with Crippen LogP contribution in [-0.4, -0.2) is 50.1 Å². The van der Waals surface area contributed by atoms with Crippen LogP contribution in [-0.2, 0) is 14.3 Å². The summed E-state index contributed by atoms with van der Waals surface area (Å²) < 4.78 is 16.7. The highest BCUT2D eigenvalue weighted by Crippen LogP contribution is 2.30. The fourth-order valence-electron chi connectivity index (χ4n) is 4.07. The van der Waals surface area contributed by atoms with E-state index in [1.807, 2.05) is 6.07 Å². The van der Waals surface area contributed by atoms with E-state index in [0.717, 1.165) is 25.7 Å². The van der Waals surface area contributed by atoms with E-state index in [9.17, 15) is 19.6 Å². The molecule has 0 atom stereocenters. The van der Waals surface area contributed by atoms with Gasteiger partial charge in [-0.25, -0.2) is 9.79 Å². The molecule has 12 nitrogen and oxygen atoms in total. The number of nitrogens with two attached hydrogens (primary N) is 2. The van der Waals surface area contributed by atoms with E-state index >= 15 is 0 Å². The SMILES string of the molecule is COC(=O)C(=Cc1ccc(C#N)cc1OCCNC(=O)c1ccc(N=C(N)N)cc1OC1CCCC1)NC(C)=O. The van der Waals surface area contributed by atoms with E-state index in [1.54, 1.807) is 30.3 Å². The van der Waals surface area contributed by atoms with Gasteiger partial charge in [-0.15, -0.1) is 0 Å². The van der Waals surface area contributed by atoms with Crippen molar-refractivity contribution >= 4 is 35.5 Å². The Hall–Kier alpha value is -5.05. The van der Waals surface area contributed by atoms with Gasteiger partial charge in [-0.05, 0) is 62.1 Å². The van der Waals surface area contributed by atoms with E-state index in [0.29, 0.717) is 28.1 Å². The molecule has 0 radical (unpaired) electrons. The van der Waals surface area contributed by atoms with Gasteiger partial charge in [0, 0.05) is 18.6 Å². The summed E-state index contributed by atoms with van der Waals surface area (Å²) in [6.07, 6.45) is 5.32. The van der Waals surface area contributed by atoms with Gasteiger partial charge in [0.15, 0.2) is 5.96 Å². The van der Waals surface area contributed by atoms with Crippen LogP contribution in [0.5, 0.6) is 11.5 Å². The van der Waals surface area contributed by atoms with Gasteiger partial charge in [0.2, 0.25) is 5.91 Å². The number of carbonyl (C=O) groups excluding carboxylic acids is 3. The molecule has 6 N–H and O–H groups in total. The second-order valence-corrected chi connectivity index (χ2v) is 8.94. The summed E-state index contributed by atoms with van der Waals surface area (Å²) >= 11 is 0. The van der Waals surface area contributed by atoms with Crippen LogP contribution in [0, 0.1) is 11.3 Å². The summed E-state index contributed by atoms with van der Waals surface area (Å²) in [5.41, 5.74) is 12.4. The number of carbonyl (C=O) groups is 3. The van der Waals surface area contributed by atoms with Crippen molar-refractivity contribution in [2.45, 2.75) is 38.7 Å². The van der Waals surface area contributed by atoms with Crippen molar-refractivity contribution < 1.29 is 28.6 Å². The van der Waals surface area contributed by atoms with Crippen molar-refractivity contribution in [1.29, 1.82) is 5.26 Å². The highest BCUT2D eigenvalue weighted by molar-refractivity contribution is 5.98. The predicted molar refractivity (Wildman–Crippen MR) is 148 cm³/mol. The highest BCUT2D eigenvalue weighted by atomic mass is 16.5. The first-order chi connectivity index (χ1) is 19.2. The molecule has 3 rings (SSSR count). The summed E-state index contributed by atoms with van der Waals surface area (Å²) in [6, 6.07) is 11.5. The van der Waals surface area contributed by atoms with E-state index in [-0.39, 0.29) is 42.6 Å². The van der Waals surface area contributed by atoms with E-state index in [1.165, 1.54) is 26.2 Å². The second kappa shape index (κ2) is 14.2. The van der Waals surface area contributed by atoms with Crippen LogP contribution in [0.2, 0.25) is 0 Å². The van der Waals surface area contributed by atoms with Crippen LogP contribution in [0.3, 0.4) is 0 Å². The highest BCUT2D eigenvalue weighted by Gasteiger charge is 2.21. The number of benzene rings is 2. The lowest BCUT2D eigenvalue weighted by molar-refractivity contribution is -0.137. The molecule has 0 unspecified atom stereocenters. The molecule has 1 aliphatic carbocycles. The number of nitrogens with one attached hydrogen (secondary N) is 2. The van der Waals surface area contributed by atoms with Crippen molar-refractivity contribution in [2.75, 3.05) is 20.3 Å². The average Bonchev–Trinajstić information content (AvgIpc) is 3.43. The van der Waals surface area contributed by atoms with Gasteiger partial charge in [0.25, 0.3) is 5.91 Å². The third-order valence-corrected chi connectivity index (χ3v) is 5.87. The number of guanidine groups is 1. The maximum Gasteiger partial charge on any atom is 0.354 e. The number of nitriles is 1. The molecule has 0 heterocycles. The zero-order chi connectivity index (χ0) is 29.1. The average molecular weight is 549 g/mol. The standard InChI is InChI=1S/C28H32N6O6/c1-17(35)33-23(27(37)38-2)14-19-8-7-18(16-29)13-24(19)39-12-11-32-26(36)22-10-9-20(34-28(30)31)15-25(22)40-21-5-3-4-6-21/h7-10,13-15,21H,3-6,11-12H2,1-2H3,(H,32,36)(H,33,35)(H4,30,31,34). The van der Waals surface area contributed by atoms with Crippen LogP contribution in [0.1, 0.15) is 54.1 Å². The Morgan fingerprint density at radius 1 is 1.12 bits per heavy atom. The number of hydrogen-bond donors (Lipinski definition) is 4. The lowest BCUT2D eigenvalue weighted by atomic mass is 10.1. The Bertz CT molecular complexity index is 1350. The second-order valence-electron chi connectivity index (χ2n) is 8.94. The third kappa shape index (κ3) is 8.49. The Kier molecular flexibility index (Phi) is 10.5. The quantitative estimate of drug-likeness (QED) is 0.107. The monoisotopic (exact) mass is 548 g/mol. The molecule has 2 aromatic rings. The maximum atomic E-state index is 13.0. The molecule has 1 fully saturated rings. The summed E-state index contributed by atoms with van der Waals surface area (Å²) in [5, 5.41) is 14.5. The van der Waals surface area contributed by atoms with Crippen LogP contribution >= 0.6 is 0 Å². The molecular weight excluding hydrogens is 516 g/mol. The van der Waals surface area contributed by atoms with Crippen molar-refractivity contribution in [3.63, 3.8) is 0 Å². The Labute approximate surface area is 232 Å². The van der Waals surface area contributed by atoms with Gasteiger partial charge < -0.3 is 36.3 Å². The lowest BCUT2D eigenvalue weighted by Crippen LogP contribution is -2.29. The van der Waals surface area contributed by atoms with Gasteiger partial charge in [0.05, 0.1) is 42.6 Å². The number of ether oxygens (including phenoxy) is 3. The molecule has 2 aromatic carbocycles. The topological polar surface area (TPSA) is 191 Å². The van der Waals surface area contributed by atoms with Crippen LogP contribution < -0.4 is 31.6 Å². The number of amides is 2. The minimum absolute atomic E-state index is 0.00981. The fraction of sp³-hybridized carbons (Fsp3) is 0.321.